The molecule has 0 aliphatic rings. The van der Waals surface area contributed by atoms with Crippen LogP contribution < -0.4 is 0 Å². The molecule has 0 saturated heterocycles. The molecule has 1 amide bonds. The van der Waals surface area contributed by atoms with Crippen LogP contribution in [0, 0.1) is 0 Å². The third-order valence-corrected chi connectivity index (χ3v) is 3.30. The zero-order valence-corrected chi connectivity index (χ0v) is 12.0. The molecule has 0 spiro atoms. The van der Waals surface area contributed by atoms with Crippen LogP contribution in [-0.4, -0.2) is 22.8 Å². The second-order valence-electron chi connectivity index (χ2n) is 4.18. The molecule has 5 heteroatoms. The Hall–Kier alpha value is -1.52. The van der Waals surface area contributed by atoms with Crippen molar-refractivity contribution >= 4 is 30.1 Å². The van der Waals surface area contributed by atoms with Gasteiger partial charge in [0.05, 0.1) is 10.6 Å². The maximum Gasteiger partial charge on any atom is 0.255 e. The SMILES string of the molecule is CN(Cc1ccncc1)C(=O)c1cc(S)ccc1Cl. The fourth-order valence-electron chi connectivity index (χ4n) is 1.72. The molecule has 2 rings (SSSR count). The highest BCUT2D eigenvalue weighted by Gasteiger charge is 2.15. The topological polar surface area (TPSA) is 33.2 Å². The summed E-state index contributed by atoms with van der Waals surface area (Å²) in [5.41, 5.74) is 1.48. The number of carbonyl (C=O) groups is 1. The van der Waals surface area contributed by atoms with Gasteiger partial charge in [0.2, 0.25) is 0 Å². The number of benzene rings is 1. The standard InChI is InChI=1S/C14H13ClN2OS/c1-17(9-10-4-6-16-7-5-10)14(18)12-8-11(19)2-3-13(12)15/h2-8,19H,9H2,1H3. The fourth-order valence-corrected chi connectivity index (χ4v) is 2.12. The highest BCUT2D eigenvalue weighted by atomic mass is 35.5. The zero-order valence-electron chi connectivity index (χ0n) is 10.4. The number of carbonyl (C=O) groups excluding carboxylic acids is 1. The van der Waals surface area contributed by atoms with Gasteiger partial charge in [-0.1, -0.05) is 11.6 Å². The van der Waals surface area contributed by atoms with Gasteiger partial charge >= 0.3 is 0 Å². The highest BCUT2D eigenvalue weighted by Crippen LogP contribution is 2.21. The molecule has 98 valence electrons. The van der Waals surface area contributed by atoms with Crippen molar-refractivity contribution in [3.05, 3.63) is 58.9 Å². The van der Waals surface area contributed by atoms with Crippen molar-refractivity contribution in [2.75, 3.05) is 7.05 Å². The van der Waals surface area contributed by atoms with Gasteiger partial charge in [-0.05, 0) is 35.9 Å². The molecular weight excluding hydrogens is 280 g/mol. The van der Waals surface area contributed by atoms with Gasteiger partial charge in [-0.3, -0.25) is 9.78 Å². The van der Waals surface area contributed by atoms with E-state index in [0.717, 1.165) is 5.56 Å². The lowest BCUT2D eigenvalue weighted by atomic mass is 10.2. The van der Waals surface area contributed by atoms with E-state index >= 15 is 0 Å². The Morgan fingerprint density at radius 2 is 2.00 bits per heavy atom. The van der Waals surface area contributed by atoms with Gasteiger partial charge < -0.3 is 4.90 Å². The van der Waals surface area contributed by atoms with Gasteiger partial charge in [-0.15, -0.1) is 12.6 Å². The number of pyridine rings is 1. The third-order valence-electron chi connectivity index (χ3n) is 2.70. The molecule has 0 N–H and O–H groups in total. The van der Waals surface area contributed by atoms with Crippen LogP contribution in [-0.2, 0) is 6.54 Å². The van der Waals surface area contributed by atoms with Crippen LogP contribution in [0.15, 0.2) is 47.6 Å². The largest absolute Gasteiger partial charge is 0.337 e. The minimum atomic E-state index is -0.127. The molecule has 0 radical (unpaired) electrons. The van der Waals surface area contributed by atoms with Crippen LogP contribution in [0.25, 0.3) is 0 Å². The maximum atomic E-state index is 12.3. The summed E-state index contributed by atoms with van der Waals surface area (Å²) in [4.78, 5) is 18.6. The summed E-state index contributed by atoms with van der Waals surface area (Å²) in [6.07, 6.45) is 3.41. The second kappa shape index (κ2) is 6.08. The lowest BCUT2D eigenvalue weighted by Crippen LogP contribution is -2.26. The van der Waals surface area contributed by atoms with Gasteiger partial charge in [0, 0.05) is 30.9 Å². The summed E-state index contributed by atoms with van der Waals surface area (Å²) in [6, 6.07) is 8.86. The molecule has 0 aliphatic heterocycles. The summed E-state index contributed by atoms with van der Waals surface area (Å²) in [5.74, 6) is -0.127. The molecule has 3 nitrogen and oxygen atoms in total. The summed E-state index contributed by atoms with van der Waals surface area (Å²) in [6.45, 7) is 0.508. The van der Waals surface area contributed by atoms with Gasteiger partial charge in [-0.2, -0.15) is 0 Å². The number of halogens is 1. The molecule has 1 aromatic carbocycles. The van der Waals surface area contributed by atoms with Crippen LogP contribution in [0.3, 0.4) is 0 Å². The minimum absolute atomic E-state index is 0.127. The molecule has 0 saturated carbocycles. The Kier molecular flexibility index (Phi) is 4.45. The zero-order chi connectivity index (χ0) is 13.8. The predicted octanol–water partition coefficient (Wildman–Crippen LogP) is 3.30. The molecule has 0 fully saturated rings. The Morgan fingerprint density at radius 1 is 1.32 bits per heavy atom. The van der Waals surface area contributed by atoms with Crippen LogP contribution in [0.5, 0.6) is 0 Å². The number of amides is 1. The molecule has 0 bridgehead atoms. The average molecular weight is 293 g/mol. The number of hydrogen-bond donors (Lipinski definition) is 1. The monoisotopic (exact) mass is 292 g/mol. The van der Waals surface area contributed by atoms with Crippen molar-refractivity contribution in [3.8, 4) is 0 Å². The van der Waals surface area contributed by atoms with Crippen molar-refractivity contribution in [1.29, 1.82) is 0 Å². The number of rotatable bonds is 3. The first-order valence-corrected chi connectivity index (χ1v) is 6.53. The van der Waals surface area contributed by atoms with Crippen LogP contribution in [0.1, 0.15) is 15.9 Å². The smallest absolute Gasteiger partial charge is 0.255 e. The Bertz CT molecular complexity index is 589. The van der Waals surface area contributed by atoms with Crippen molar-refractivity contribution in [1.82, 2.24) is 9.88 Å². The quantitative estimate of drug-likeness (QED) is 0.881. The predicted molar refractivity (Wildman–Crippen MR) is 78.7 cm³/mol. The first-order chi connectivity index (χ1) is 9.08. The fraction of sp³-hybridized carbons (Fsp3) is 0.143. The Morgan fingerprint density at radius 3 is 2.68 bits per heavy atom. The third kappa shape index (κ3) is 3.49. The first-order valence-electron chi connectivity index (χ1n) is 5.71. The number of hydrogen-bond acceptors (Lipinski definition) is 3. The van der Waals surface area contributed by atoms with E-state index in [9.17, 15) is 4.79 Å². The summed E-state index contributed by atoms with van der Waals surface area (Å²) in [7, 11) is 1.74. The van der Waals surface area contributed by atoms with E-state index in [1.807, 2.05) is 12.1 Å². The van der Waals surface area contributed by atoms with Crippen LogP contribution in [0.2, 0.25) is 5.02 Å². The second-order valence-corrected chi connectivity index (χ2v) is 5.10. The van der Waals surface area contributed by atoms with E-state index in [-0.39, 0.29) is 5.91 Å². The van der Waals surface area contributed by atoms with Crippen LogP contribution in [0.4, 0.5) is 0 Å². The van der Waals surface area contributed by atoms with Crippen molar-refractivity contribution in [2.45, 2.75) is 11.4 Å². The van der Waals surface area contributed by atoms with Crippen molar-refractivity contribution in [2.24, 2.45) is 0 Å². The summed E-state index contributed by atoms with van der Waals surface area (Å²) in [5, 5.41) is 0.435. The lowest BCUT2D eigenvalue weighted by Gasteiger charge is -2.18. The van der Waals surface area contributed by atoms with E-state index in [4.69, 9.17) is 11.6 Å². The number of thiol groups is 1. The van der Waals surface area contributed by atoms with Gasteiger partial charge in [0.15, 0.2) is 0 Å². The minimum Gasteiger partial charge on any atom is -0.337 e. The number of aromatic nitrogens is 1. The summed E-state index contributed by atoms with van der Waals surface area (Å²) >= 11 is 10.3. The van der Waals surface area contributed by atoms with E-state index < -0.39 is 0 Å². The molecule has 1 aromatic heterocycles. The Labute approximate surface area is 122 Å². The van der Waals surface area contributed by atoms with E-state index in [1.165, 1.54) is 0 Å². The number of nitrogens with zero attached hydrogens (tertiary/aromatic N) is 2. The lowest BCUT2D eigenvalue weighted by molar-refractivity contribution is 0.0785. The molecule has 19 heavy (non-hydrogen) atoms. The van der Waals surface area contributed by atoms with Crippen molar-refractivity contribution < 1.29 is 4.79 Å². The summed E-state index contributed by atoms with van der Waals surface area (Å²) < 4.78 is 0. The molecule has 0 aliphatic carbocycles. The maximum absolute atomic E-state index is 12.3. The normalized spacial score (nSPS) is 10.3. The van der Waals surface area contributed by atoms with Gasteiger partial charge in [-0.25, -0.2) is 0 Å². The van der Waals surface area contributed by atoms with Gasteiger partial charge in [0.25, 0.3) is 5.91 Å². The molecular formula is C14H13ClN2OS. The van der Waals surface area contributed by atoms with E-state index in [2.05, 4.69) is 17.6 Å². The van der Waals surface area contributed by atoms with E-state index in [1.54, 1.807) is 42.5 Å². The Balaban J connectivity index is 2.17. The first kappa shape index (κ1) is 13.9. The average Bonchev–Trinajstić information content (AvgIpc) is 2.42. The van der Waals surface area contributed by atoms with Crippen molar-refractivity contribution in [3.63, 3.8) is 0 Å². The van der Waals surface area contributed by atoms with E-state index in [0.29, 0.717) is 22.0 Å². The molecule has 0 unspecified atom stereocenters. The molecule has 1 heterocycles. The van der Waals surface area contributed by atoms with Crippen LogP contribution >= 0.6 is 24.2 Å². The molecule has 2 aromatic rings. The highest BCUT2D eigenvalue weighted by molar-refractivity contribution is 7.80. The van der Waals surface area contributed by atoms with Gasteiger partial charge in [0.1, 0.15) is 0 Å². The molecule has 0 atom stereocenters.